The fraction of sp³-hybridized carbons (Fsp3) is 0.824. The van der Waals surface area contributed by atoms with E-state index in [9.17, 15) is 4.79 Å². The molecule has 134 valence electrons. The van der Waals surface area contributed by atoms with Crippen molar-refractivity contribution in [2.24, 2.45) is 0 Å². The van der Waals surface area contributed by atoms with Crippen LogP contribution in [0.1, 0.15) is 52.3 Å². The maximum absolute atomic E-state index is 12.2. The van der Waals surface area contributed by atoms with Crippen LogP contribution in [0.3, 0.4) is 0 Å². The van der Waals surface area contributed by atoms with Crippen LogP contribution in [0.4, 0.5) is 0 Å². The number of carbonyl (C=O) groups excluding carboxylic acids is 1. The van der Waals surface area contributed by atoms with Gasteiger partial charge < -0.3 is 9.84 Å². The van der Waals surface area contributed by atoms with Gasteiger partial charge in [-0.15, -0.1) is 0 Å². The van der Waals surface area contributed by atoms with E-state index >= 15 is 0 Å². The molecule has 0 unspecified atom stereocenters. The molecular weight excluding hydrogens is 306 g/mol. The second-order valence-corrected chi connectivity index (χ2v) is 8.04. The molecule has 2 heterocycles. The van der Waals surface area contributed by atoms with Gasteiger partial charge in [0.1, 0.15) is 0 Å². The summed E-state index contributed by atoms with van der Waals surface area (Å²) in [7, 11) is 0. The van der Waals surface area contributed by atoms with Crippen LogP contribution in [-0.4, -0.2) is 64.1 Å². The molecule has 2 aliphatic rings. The Labute approximate surface area is 143 Å². The molecule has 2 fully saturated rings. The summed E-state index contributed by atoms with van der Waals surface area (Å²) in [5.74, 6) is 1.59. The highest BCUT2D eigenvalue weighted by Crippen LogP contribution is 2.21. The summed E-state index contributed by atoms with van der Waals surface area (Å²) in [6.45, 7) is 12.5. The normalized spacial score (nSPS) is 21.7. The van der Waals surface area contributed by atoms with Crippen LogP contribution < -0.4 is 5.32 Å². The zero-order valence-corrected chi connectivity index (χ0v) is 15.2. The summed E-state index contributed by atoms with van der Waals surface area (Å²) in [5, 5.41) is 7.19. The molecule has 1 N–H and O–H groups in total. The van der Waals surface area contributed by atoms with Gasteiger partial charge in [-0.25, -0.2) is 0 Å². The van der Waals surface area contributed by atoms with Crippen molar-refractivity contribution in [2.75, 3.05) is 26.2 Å². The van der Waals surface area contributed by atoms with Gasteiger partial charge in [0.15, 0.2) is 5.82 Å². The highest BCUT2D eigenvalue weighted by molar-refractivity contribution is 5.81. The topological polar surface area (TPSA) is 74.5 Å². The number of nitrogens with zero attached hydrogens (tertiary/aromatic N) is 4. The van der Waals surface area contributed by atoms with E-state index in [1.165, 1.54) is 0 Å². The largest absolute Gasteiger partial charge is 0.352 e. The molecule has 0 aromatic carbocycles. The van der Waals surface area contributed by atoms with Crippen molar-refractivity contribution in [3.8, 4) is 0 Å². The lowest BCUT2D eigenvalue weighted by Gasteiger charge is -2.36. The molecule has 1 aromatic heterocycles. The van der Waals surface area contributed by atoms with E-state index in [0.29, 0.717) is 18.5 Å². The maximum atomic E-state index is 12.2. The maximum Gasteiger partial charge on any atom is 0.237 e. The first-order valence-electron chi connectivity index (χ1n) is 8.93. The first-order valence-corrected chi connectivity index (χ1v) is 8.93. The predicted molar refractivity (Wildman–Crippen MR) is 90.5 cm³/mol. The van der Waals surface area contributed by atoms with E-state index in [2.05, 4.69) is 46.0 Å². The van der Waals surface area contributed by atoms with Gasteiger partial charge in [-0.1, -0.05) is 25.9 Å². The highest BCUT2D eigenvalue weighted by Gasteiger charge is 2.30. The van der Waals surface area contributed by atoms with Crippen molar-refractivity contribution < 1.29 is 9.32 Å². The molecule has 1 amide bonds. The second-order valence-electron chi connectivity index (χ2n) is 8.04. The van der Waals surface area contributed by atoms with Gasteiger partial charge in [-0.05, 0) is 19.8 Å². The monoisotopic (exact) mass is 335 g/mol. The van der Waals surface area contributed by atoms with Crippen LogP contribution in [-0.2, 0) is 16.8 Å². The number of hydrogen-bond acceptors (Lipinski definition) is 6. The Morgan fingerprint density at radius 2 is 1.96 bits per heavy atom. The summed E-state index contributed by atoms with van der Waals surface area (Å²) < 4.78 is 5.35. The van der Waals surface area contributed by atoms with Gasteiger partial charge in [-0.2, -0.15) is 4.98 Å². The highest BCUT2D eigenvalue weighted by atomic mass is 16.5. The third-order valence-electron chi connectivity index (χ3n) is 4.73. The first-order chi connectivity index (χ1) is 11.3. The number of aromatic nitrogens is 2. The van der Waals surface area contributed by atoms with E-state index < -0.39 is 0 Å². The molecule has 7 heteroatoms. The predicted octanol–water partition coefficient (Wildman–Crippen LogP) is 1.15. The zero-order valence-electron chi connectivity index (χ0n) is 15.2. The standard InChI is InChI=1S/C17H29N5O2/c1-12(15(23)18-13-5-6-13)22-9-7-21(8-10-22)11-14-19-16(24-20-14)17(2,3)4/h12-13H,5-11H2,1-4H3,(H,18,23)/t12-/m1/s1. The number of amides is 1. The van der Waals surface area contributed by atoms with E-state index in [0.717, 1.165) is 44.8 Å². The van der Waals surface area contributed by atoms with Crippen LogP contribution >= 0.6 is 0 Å². The molecule has 7 nitrogen and oxygen atoms in total. The second kappa shape index (κ2) is 6.80. The summed E-state index contributed by atoms with van der Waals surface area (Å²) in [6, 6.07) is 0.377. The SMILES string of the molecule is C[C@H](C(=O)NC1CC1)N1CCN(Cc2noc(C(C)(C)C)n2)CC1. The summed E-state index contributed by atoms with van der Waals surface area (Å²) >= 11 is 0. The van der Waals surface area contributed by atoms with Crippen molar-refractivity contribution in [1.29, 1.82) is 0 Å². The lowest BCUT2D eigenvalue weighted by atomic mass is 9.97. The number of nitrogens with one attached hydrogen (secondary N) is 1. The van der Waals surface area contributed by atoms with Crippen LogP contribution in [0.15, 0.2) is 4.52 Å². The molecule has 24 heavy (non-hydrogen) atoms. The fourth-order valence-electron chi connectivity index (χ4n) is 2.85. The molecular formula is C17H29N5O2. The summed E-state index contributed by atoms with van der Waals surface area (Å²) in [4.78, 5) is 21.2. The average molecular weight is 335 g/mol. The lowest BCUT2D eigenvalue weighted by Crippen LogP contribution is -2.53. The van der Waals surface area contributed by atoms with Gasteiger partial charge in [0, 0.05) is 37.6 Å². The number of piperazine rings is 1. The molecule has 0 spiro atoms. The Morgan fingerprint density at radius 3 is 2.50 bits per heavy atom. The third kappa shape index (κ3) is 4.33. The Bertz CT molecular complexity index is 568. The Kier molecular flexibility index (Phi) is 4.92. The molecule has 0 bridgehead atoms. The summed E-state index contributed by atoms with van der Waals surface area (Å²) in [6.07, 6.45) is 2.26. The minimum atomic E-state index is -0.117. The van der Waals surface area contributed by atoms with Crippen molar-refractivity contribution in [2.45, 2.75) is 64.6 Å². The minimum Gasteiger partial charge on any atom is -0.352 e. The Hall–Kier alpha value is -1.47. The fourth-order valence-corrected chi connectivity index (χ4v) is 2.85. The quantitative estimate of drug-likeness (QED) is 0.870. The third-order valence-corrected chi connectivity index (χ3v) is 4.73. The van der Waals surface area contributed by atoms with E-state index in [4.69, 9.17) is 4.52 Å². The number of rotatable bonds is 5. The molecule has 1 saturated carbocycles. The molecule has 1 aliphatic heterocycles. The van der Waals surface area contributed by atoms with Crippen molar-refractivity contribution in [3.05, 3.63) is 11.7 Å². The smallest absolute Gasteiger partial charge is 0.237 e. The van der Waals surface area contributed by atoms with Crippen molar-refractivity contribution in [1.82, 2.24) is 25.3 Å². The van der Waals surface area contributed by atoms with Gasteiger partial charge in [0.2, 0.25) is 11.8 Å². The Balaban J connectivity index is 1.46. The minimum absolute atomic E-state index is 0.0505. The van der Waals surface area contributed by atoms with E-state index in [-0.39, 0.29) is 17.4 Å². The van der Waals surface area contributed by atoms with E-state index in [1.807, 2.05) is 6.92 Å². The van der Waals surface area contributed by atoms with Crippen molar-refractivity contribution in [3.63, 3.8) is 0 Å². The molecule has 1 saturated heterocycles. The van der Waals surface area contributed by atoms with Crippen LogP contribution in [0.25, 0.3) is 0 Å². The van der Waals surface area contributed by atoms with Gasteiger partial charge in [0.25, 0.3) is 0 Å². The van der Waals surface area contributed by atoms with Gasteiger partial charge in [0.05, 0.1) is 12.6 Å². The molecule has 3 rings (SSSR count). The van der Waals surface area contributed by atoms with Crippen LogP contribution in [0.2, 0.25) is 0 Å². The van der Waals surface area contributed by atoms with Gasteiger partial charge in [-0.3, -0.25) is 14.6 Å². The molecule has 0 radical (unpaired) electrons. The van der Waals surface area contributed by atoms with Crippen molar-refractivity contribution >= 4 is 5.91 Å². The zero-order chi connectivity index (χ0) is 17.3. The molecule has 1 atom stereocenters. The number of hydrogen-bond donors (Lipinski definition) is 1. The first kappa shape index (κ1) is 17.4. The van der Waals surface area contributed by atoms with Gasteiger partial charge >= 0.3 is 0 Å². The van der Waals surface area contributed by atoms with E-state index in [1.54, 1.807) is 0 Å². The Morgan fingerprint density at radius 1 is 1.29 bits per heavy atom. The summed E-state index contributed by atoms with van der Waals surface area (Å²) in [5.41, 5.74) is -0.117. The number of carbonyl (C=O) groups is 1. The molecule has 1 aromatic rings. The lowest BCUT2D eigenvalue weighted by molar-refractivity contribution is -0.126. The molecule has 1 aliphatic carbocycles. The average Bonchev–Trinajstić information content (AvgIpc) is 3.21. The van der Waals surface area contributed by atoms with Crippen LogP contribution in [0, 0.1) is 0 Å². The van der Waals surface area contributed by atoms with Crippen LogP contribution in [0.5, 0.6) is 0 Å².